The highest BCUT2D eigenvalue weighted by molar-refractivity contribution is 7.58. The number of nitrogens with two attached hydrogens (primary N) is 1. The molecular weight excluding hydrogens is 577 g/mol. The van der Waals surface area contributed by atoms with Gasteiger partial charge in [-0.05, 0) is 44.7 Å². The van der Waals surface area contributed by atoms with Gasteiger partial charge in [0.1, 0.15) is 18.2 Å². The summed E-state index contributed by atoms with van der Waals surface area (Å²) in [6, 6.07) is 6.72. The predicted molar refractivity (Wildman–Crippen MR) is 162 cm³/mol. The topological polar surface area (TPSA) is 176 Å². The molecule has 1 saturated heterocycles. The van der Waals surface area contributed by atoms with Crippen LogP contribution in [0, 0.1) is 0 Å². The van der Waals surface area contributed by atoms with Crippen molar-refractivity contribution in [2.75, 3.05) is 46.3 Å². The number of esters is 1. The Hall–Kier alpha value is -3.29. The number of nitrogen functional groups attached to an aromatic ring is 1. The number of fused-ring (bicyclic) bond motifs is 1. The van der Waals surface area contributed by atoms with Crippen molar-refractivity contribution in [1.29, 1.82) is 0 Å². The number of anilines is 1. The molecule has 43 heavy (non-hydrogen) atoms. The Morgan fingerprint density at radius 3 is 2.67 bits per heavy atom. The molecule has 1 fully saturated rings. The largest absolute Gasteiger partial charge is 0.462 e. The maximum absolute atomic E-state index is 14.7. The molecule has 3 unspecified atom stereocenters. The molecule has 3 aromatic rings. The number of carbonyl (C=O) groups excluding carboxylic acids is 1. The van der Waals surface area contributed by atoms with Crippen molar-refractivity contribution in [2.24, 2.45) is 0 Å². The zero-order valence-electron chi connectivity index (χ0n) is 25.4. The second-order valence-electron chi connectivity index (χ2n) is 10.9. The number of nitrogens with zero attached hydrogens (tertiary/aromatic N) is 4. The van der Waals surface area contributed by atoms with Crippen molar-refractivity contribution >= 4 is 30.4 Å². The number of benzene rings is 1. The van der Waals surface area contributed by atoms with Gasteiger partial charge in [-0.2, -0.15) is 9.97 Å². The molecule has 4 N–H and O–H groups in total. The highest BCUT2D eigenvalue weighted by Gasteiger charge is 2.41. The Bertz CT molecular complexity index is 1510. The summed E-state index contributed by atoms with van der Waals surface area (Å²) in [5.74, 6) is -0.368. The van der Waals surface area contributed by atoms with Crippen LogP contribution in [0.15, 0.2) is 29.1 Å². The molecule has 15 heteroatoms. The van der Waals surface area contributed by atoms with Crippen LogP contribution >= 0.6 is 7.44 Å². The molecule has 0 amide bonds. The van der Waals surface area contributed by atoms with E-state index in [1.165, 1.54) is 4.57 Å². The fraction of sp³-hybridized carbons (Fsp3) is 0.571. The lowest BCUT2D eigenvalue weighted by Crippen LogP contribution is -2.42. The molecule has 1 aliphatic rings. The van der Waals surface area contributed by atoms with Crippen LogP contribution in [0.5, 0.6) is 6.01 Å². The highest BCUT2D eigenvalue weighted by Crippen LogP contribution is 2.53. The number of nitrogens with one attached hydrogen (secondary N) is 2. The Morgan fingerprint density at radius 2 is 1.95 bits per heavy atom. The minimum absolute atomic E-state index is 0.0388. The van der Waals surface area contributed by atoms with Crippen LogP contribution in [-0.2, 0) is 36.3 Å². The van der Waals surface area contributed by atoms with Gasteiger partial charge in [0.05, 0.1) is 32.0 Å². The zero-order valence-corrected chi connectivity index (χ0v) is 26.3. The first-order chi connectivity index (χ1) is 20.5. The normalized spacial score (nSPS) is 17.8. The molecule has 236 valence electrons. The van der Waals surface area contributed by atoms with E-state index in [4.69, 9.17) is 24.7 Å². The van der Waals surface area contributed by atoms with Crippen molar-refractivity contribution in [1.82, 2.24) is 29.3 Å². The van der Waals surface area contributed by atoms with E-state index in [0.717, 1.165) is 24.0 Å². The number of hydrogen-bond acceptors (Lipinski definition) is 10. The number of aromatic nitrogens is 4. The number of ether oxygens (including phenoxy) is 4. The van der Waals surface area contributed by atoms with Gasteiger partial charge in [0.25, 0.3) is 0 Å². The van der Waals surface area contributed by atoms with Crippen LogP contribution in [0.3, 0.4) is 0 Å². The molecule has 4 rings (SSSR count). The number of H-pyrrole nitrogens is 1. The van der Waals surface area contributed by atoms with Crippen LogP contribution in [0.2, 0.25) is 0 Å². The van der Waals surface area contributed by atoms with E-state index in [2.05, 4.69) is 20.0 Å². The van der Waals surface area contributed by atoms with Crippen molar-refractivity contribution in [3.8, 4) is 6.01 Å². The van der Waals surface area contributed by atoms with Crippen molar-refractivity contribution in [3.05, 3.63) is 45.9 Å². The van der Waals surface area contributed by atoms with E-state index in [1.807, 2.05) is 28.9 Å². The molecule has 1 aliphatic heterocycles. The van der Waals surface area contributed by atoms with Crippen LogP contribution in [0.4, 0.5) is 5.82 Å². The lowest BCUT2D eigenvalue weighted by molar-refractivity contribution is -0.149. The third-order valence-electron chi connectivity index (χ3n) is 7.10. The van der Waals surface area contributed by atoms with E-state index >= 15 is 0 Å². The summed E-state index contributed by atoms with van der Waals surface area (Å²) >= 11 is 0. The maximum atomic E-state index is 14.7. The first-order valence-corrected chi connectivity index (χ1v) is 16.2. The van der Waals surface area contributed by atoms with E-state index < -0.39 is 25.1 Å². The minimum atomic E-state index is -3.33. The fourth-order valence-corrected chi connectivity index (χ4v) is 8.22. The molecule has 0 radical (unpaired) electrons. The Labute approximate surface area is 250 Å². The Morgan fingerprint density at radius 1 is 1.19 bits per heavy atom. The summed E-state index contributed by atoms with van der Waals surface area (Å²) in [4.78, 5) is 36.8. The number of methoxy groups -OCH3 is 2. The number of rotatable bonds is 15. The minimum Gasteiger partial charge on any atom is -0.462 e. The third kappa shape index (κ3) is 8.01. The number of hydrogen-bond donors (Lipinski definition) is 3. The van der Waals surface area contributed by atoms with Crippen molar-refractivity contribution in [3.63, 3.8) is 0 Å². The lowest BCUT2D eigenvalue weighted by atomic mass is 10.1. The number of carbonyl (C=O) groups is 1. The summed E-state index contributed by atoms with van der Waals surface area (Å²) in [6.07, 6.45) is 1.59. The van der Waals surface area contributed by atoms with Gasteiger partial charge < -0.3 is 29.7 Å². The monoisotopic (exact) mass is 619 g/mol. The SMILES string of the molecule is COCCOc1nc(N)c2[nH]c(=O)n(Cc3cccc(CP(=O)(NC(C)C(=O)OC(C)C)N4CCCC4COC)c3)c2n1. The standard InChI is InChI=1S/C28H42N7O7P/c1-18(2)42-26(36)19(3)33-43(38,35-11-7-10-22(35)16-40-5)17-21-9-6-8-20(14-21)15-34-25-23(30-28(34)37)24(29)31-27(32-25)41-13-12-39-4/h6,8-9,14,18-19,22H,7,10-13,15-17H2,1-5H3,(H,30,37)(H,33,38)(H2,29,31,32). The molecular formula is C28H42N7O7P. The molecule has 1 aromatic carbocycles. The summed E-state index contributed by atoms with van der Waals surface area (Å²) in [5, 5.41) is 3.15. The van der Waals surface area contributed by atoms with Crippen LogP contribution in [-0.4, -0.2) is 88.9 Å². The average molecular weight is 620 g/mol. The lowest BCUT2D eigenvalue weighted by Gasteiger charge is -2.35. The van der Waals surface area contributed by atoms with E-state index in [-0.39, 0.29) is 43.3 Å². The predicted octanol–water partition coefficient (Wildman–Crippen LogP) is 2.51. The summed E-state index contributed by atoms with van der Waals surface area (Å²) in [5.41, 5.74) is 7.87. The number of imidazole rings is 1. The average Bonchev–Trinajstić information content (AvgIpc) is 3.54. The van der Waals surface area contributed by atoms with Gasteiger partial charge in [0.15, 0.2) is 11.5 Å². The molecule has 3 atom stereocenters. The smallest absolute Gasteiger partial charge is 0.328 e. The van der Waals surface area contributed by atoms with E-state index in [9.17, 15) is 14.2 Å². The van der Waals surface area contributed by atoms with Gasteiger partial charge >= 0.3 is 17.7 Å². The summed E-state index contributed by atoms with van der Waals surface area (Å²) in [6.45, 7) is 7.01. The van der Waals surface area contributed by atoms with E-state index in [0.29, 0.717) is 30.9 Å². The molecule has 0 bridgehead atoms. The van der Waals surface area contributed by atoms with Crippen LogP contribution in [0.1, 0.15) is 44.7 Å². The second-order valence-corrected chi connectivity index (χ2v) is 13.4. The molecule has 3 heterocycles. The molecule has 0 spiro atoms. The van der Waals surface area contributed by atoms with Crippen molar-refractivity contribution < 1.29 is 28.3 Å². The number of aromatic amines is 1. The first-order valence-electron chi connectivity index (χ1n) is 14.3. The van der Waals surface area contributed by atoms with Gasteiger partial charge in [-0.25, -0.2) is 14.6 Å². The summed E-state index contributed by atoms with van der Waals surface area (Å²) < 4.78 is 39.5. The van der Waals surface area contributed by atoms with Gasteiger partial charge in [-0.3, -0.25) is 13.9 Å². The quantitative estimate of drug-likeness (QED) is 0.129. The Kier molecular flexibility index (Phi) is 11.0. The summed E-state index contributed by atoms with van der Waals surface area (Å²) in [7, 11) is -0.149. The van der Waals surface area contributed by atoms with Crippen LogP contribution < -0.4 is 21.2 Å². The maximum Gasteiger partial charge on any atom is 0.328 e. The fourth-order valence-electron chi connectivity index (χ4n) is 5.22. The van der Waals surface area contributed by atoms with Crippen molar-refractivity contribution in [2.45, 2.75) is 64.5 Å². The van der Waals surface area contributed by atoms with Gasteiger partial charge in [-0.15, -0.1) is 0 Å². The van der Waals surface area contributed by atoms with Gasteiger partial charge in [-0.1, -0.05) is 24.3 Å². The zero-order chi connectivity index (χ0) is 31.1. The first kappa shape index (κ1) is 32.6. The second kappa shape index (κ2) is 14.5. The Balaban J connectivity index is 1.62. The molecule has 0 aliphatic carbocycles. The molecule has 14 nitrogen and oxygen atoms in total. The van der Waals surface area contributed by atoms with Gasteiger partial charge in [0.2, 0.25) is 7.44 Å². The van der Waals surface area contributed by atoms with Crippen LogP contribution in [0.25, 0.3) is 11.2 Å². The molecule has 2 aromatic heterocycles. The van der Waals surface area contributed by atoms with Gasteiger partial charge in [0, 0.05) is 26.8 Å². The molecule has 0 saturated carbocycles. The highest BCUT2D eigenvalue weighted by atomic mass is 31.2. The third-order valence-corrected chi connectivity index (χ3v) is 10.0. The van der Waals surface area contributed by atoms with E-state index in [1.54, 1.807) is 35.0 Å².